The maximum absolute atomic E-state index is 5.37. The highest BCUT2D eigenvalue weighted by molar-refractivity contribution is 4.95. The molecule has 2 N–H and O–H groups in total. The largest absolute Gasteiger partial charge is 0.330 e. The molecule has 0 amide bonds. The summed E-state index contributed by atoms with van der Waals surface area (Å²) in [6, 6.07) is 0. The minimum atomic E-state index is 0.806. The van der Waals surface area contributed by atoms with Crippen LogP contribution >= 0.6 is 0 Å². The molecule has 0 bridgehead atoms. The average Bonchev–Trinajstić information content (AvgIpc) is 2.46. The zero-order valence-corrected chi connectivity index (χ0v) is 7.14. The van der Waals surface area contributed by atoms with Gasteiger partial charge in [-0.25, -0.2) is 0 Å². The van der Waals surface area contributed by atoms with Gasteiger partial charge in [0.15, 0.2) is 0 Å². The molecule has 1 aliphatic rings. The first-order valence-electron chi connectivity index (χ1n) is 4.30. The summed E-state index contributed by atoms with van der Waals surface area (Å²) < 4.78 is 0. The van der Waals surface area contributed by atoms with Crippen LogP contribution in [0.25, 0.3) is 0 Å². The molecule has 10 heavy (non-hydrogen) atoms. The Bertz CT molecular complexity index is 86.7. The summed E-state index contributed by atoms with van der Waals surface area (Å²) in [6.45, 7) is 4.84. The first-order valence-corrected chi connectivity index (χ1v) is 4.30. The van der Waals surface area contributed by atoms with Crippen LogP contribution in [-0.4, -0.2) is 6.54 Å². The number of hydrogen-bond donors (Lipinski definition) is 1. The van der Waals surface area contributed by atoms with E-state index in [9.17, 15) is 0 Å². The highest BCUT2D eigenvalue weighted by atomic mass is 14.5. The summed E-state index contributed by atoms with van der Waals surface area (Å²) in [5.74, 6) is 0.806. The van der Waals surface area contributed by atoms with Crippen molar-refractivity contribution in [3.8, 4) is 0 Å². The van der Waals surface area contributed by atoms with Gasteiger partial charge >= 0.3 is 0 Å². The third-order valence-corrected chi connectivity index (χ3v) is 1.65. The van der Waals surface area contributed by atoms with Crippen LogP contribution in [-0.2, 0) is 0 Å². The molecule has 1 nitrogen and oxygen atoms in total. The maximum atomic E-state index is 5.37. The van der Waals surface area contributed by atoms with E-state index < -0.39 is 0 Å². The fraction of sp³-hybridized carbons (Fsp3) is 0.778. The van der Waals surface area contributed by atoms with Gasteiger partial charge in [-0.15, -0.1) is 0 Å². The predicted octanol–water partition coefficient (Wildman–Crippen LogP) is 2.33. The number of allylic oxidation sites excluding steroid dienone is 2. The van der Waals surface area contributed by atoms with Crippen LogP contribution in [0.3, 0.4) is 0 Å². The minimum Gasteiger partial charge on any atom is -0.330 e. The second-order valence-electron chi connectivity index (χ2n) is 2.34. The van der Waals surface area contributed by atoms with Gasteiger partial charge in [-0.05, 0) is 31.7 Å². The Morgan fingerprint density at radius 3 is 2.60 bits per heavy atom. The van der Waals surface area contributed by atoms with Crippen molar-refractivity contribution in [2.24, 2.45) is 11.7 Å². The first-order chi connectivity index (χ1) is 4.93. The van der Waals surface area contributed by atoms with E-state index >= 15 is 0 Å². The van der Waals surface area contributed by atoms with Crippen LogP contribution in [0.2, 0.25) is 0 Å². The first kappa shape index (κ1) is 9.70. The molecule has 1 unspecified atom stereocenters. The Hall–Kier alpha value is -0.300. The SMILES string of the molecule is CC.NCCC1C=CCC1. The predicted molar refractivity (Wildman–Crippen MR) is 46.9 cm³/mol. The van der Waals surface area contributed by atoms with Crippen molar-refractivity contribution in [2.75, 3.05) is 6.54 Å². The minimum absolute atomic E-state index is 0.806. The van der Waals surface area contributed by atoms with Gasteiger partial charge in [0.2, 0.25) is 0 Å². The van der Waals surface area contributed by atoms with Crippen LogP contribution in [0, 0.1) is 5.92 Å². The third-order valence-electron chi connectivity index (χ3n) is 1.65. The molecule has 0 heterocycles. The van der Waals surface area contributed by atoms with Crippen LogP contribution in [0.15, 0.2) is 12.2 Å². The van der Waals surface area contributed by atoms with E-state index in [1.807, 2.05) is 13.8 Å². The monoisotopic (exact) mass is 141 g/mol. The van der Waals surface area contributed by atoms with Gasteiger partial charge in [0, 0.05) is 0 Å². The Labute approximate surface area is 64.3 Å². The lowest BCUT2D eigenvalue weighted by molar-refractivity contribution is 0.587. The standard InChI is InChI=1S/C7H13N.C2H6/c8-6-5-7-3-1-2-4-7;1-2/h1,3,7H,2,4-6,8H2;1-2H3. The molecule has 1 rings (SSSR count). The second-order valence-corrected chi connectivity index (χ2v) is 2.34. The summed E-state index contributed by atoms with van der Waals surface area (Å²) in [5.41, 5.74) is 5.37. The highest BCUT2D eigenvalue weighted by Gasteiger charge is 2.05. The van der Waals surface area contributed by atoms with Gasteiger partial charge < -0.3 is 5.73 Å². The van der Waals surface area contributed by atoms with Crippen LogP contribution < -0.4 is 5.73 Å². The molecule has 0 fully saturated rings. The van der Waals surface area contributed by atoms with Crippen molar-refractivity contribution in [1.29, 1.82) is 0 Å². The van der Waals surface area contributed by atoms with E-state index in [0.717, 1.165) is 12.5 Å². The lowest BCUT2D eigenvalue weighted by Crippen LogP contribution is -2.04. The Kier molecular flexibility index (Phi) is 6.61. The van der Waals surface area contributed by atoms with Gasteiger partial charge in [-0.2, -0.15) is 0 Å². The van der Waals surface area contributed by atoms with Crippen LogP contribution in [0.4, 0.5) is 0 Å². The van der Waals surface area contributed by atoms with Crippen molar-refractivity contribution in [3.05, 3.63) is 12.2 Å². The molecule has 0 aliphatic heterocycles. The Morgan fingerprint density at radius 1 is 1.50 bits per heavy atom. The summed E-state index contributed by atoms with van der Waals surface area (Å²) in [6.07, 6.45) is 8.31. The van der Waals surface area contributed by atoms with Gasteiger partial charge in [0.05, 0.1) is 0 Å². The van der Waals surface area contributed by atoms with Crippen molar-refractivity contribution in [3.63, 3.8) is 0 Å². The summed E-state index contributed by atoms with van der Waals surface area (Å²) >= 11 is 0. The van der Waals surface area contributed by atoms with Gasteiger partial charge in [-0.1, -0.05) is 26.0 Å². The number of nitrogens with two attached hydrogens (primary N) is 1. The lowest BCUT2D eigenvalue weighted by Gasteiger charge is -2.01. The highest BCUT2D eigenvalue weighted by Crippen LogP contribution is 2.18. The van der Waals surface area contributed by atoms with E-state index in [-0.39, 0.29) is 0 Å². The van der Waals surface area contributed by atoms with E-state index in [4.69, 9.17) is 5.73 Å². The lowest BCUT2D eigenvalue weighted by atomic mass is 10.1. The van der Waals surface area contributed by atoms with Crippen LogP contribution in [0.1, 0.15) is 33.1 Å². The zero-order chi connectivity index (χ0) is 7.82. The normalized spacial score (nSPS) is 22.1. The van der Waals surface area contributed by atoms with Gasteiger partial charge in [0.1, 0.15) is 0 Å². The fourth-order valence-corrected chi connectivity index (χ4v) is 1.15. The van der Waals surface area contributed by atoms with Crippen molar-refractivity contribution < 1.29 is 0 Å². The molecule has 1 atom stereocenters. The van der Waals surface area contributed by atoms with Gasteiger partial charge in [0.25, 0.3) is 0 Å². The molecule has 1 aliphatic carbocycles. The van der Waals surface area contributed by atoms with Crippen molar-refractivity contribution >= 4 is 0 Å². The molecule has 0 radical (unpaired) electrons. The van der Waals surface area contributed by atoms with Crippen molar-refractivity contribution in [2.45, 2.75) is 33.1 Å². The van der Waals surface area contributed by atoms with E-state index in [1.165, 1.54) is 19.3 Å². The van der Waals surface area contributed by atoms with Crippen LogP contribution in [0.5, 0.6) is 0 Å². The third kappa shape index (κ3) is 3.67. The molecule has 0 aromatic carbocycles. The molecule has 0 aromatic rings. The molecule has 0 spiro atoms. The maximum Gasteiger partial charge on any atom is -0.00717 e. The Balaban J connectivity index is 0.000000371. The topological polar surface area (TPSA) is 26.0 Å². The molecule has 1 heteroatoms. The molecular weight excluding hydrogens is 122 g/mol. The second kappa shape index (κ2) is 6.81. The van der Waals surface area contributed by atoms with E-state index in [2.05, 4.69) is 12.2 Å². The molecular formula is C9H19N. The average molecular weight is 141 g/mol. The summed E-state index contributed by atoms with van der Waals surface area (Å²) in [4.78, 5) is 0. The van der Waals surface area contributed by atoms with E-state index in [1.54, 1.807) is 0 Å². The van der Waals surface area contributed by atoms with E-state index in [0.29, 0.717) is 0 Å². The number of hydrogen-bond acceptors (Lipinski definition) is 1. The summed E-state index contributed by atoms with van der Waals surface area (Å²) in [5, 5.41) is 0. The molecule has 0 aromatic heterocycles. The van der Waals surface area contributed by atoms with Crippen molar-refractivity contribution in [1.82, 2.24) is 0 Å². The molecule has 0 saturated heterocycles. The smallest absolute Gasteiger partial charge is 0.00717 e. The summed E-state index contributed by atoms with van der Waals surface area (Å²) in [7, 11) is 0. The zero-order valence-electron chi connectivity index (χ0n) is 7.14. The number of rotatable bonds is 2. The quantitative estimate of drug-likeness (QED) is 0.587. The fourth-order valence-electron chi connectivity index (χ4n) is 1.15. The molecule has 0 saturated carbocycles. The van der Waals surface area contributed by atoms with Gasteiger partial charge in [-0.3, -0.25) is 0 Å². The Morgan fingerprint density at radius 2 is 2.20 bits per heavy atom. The molecule has 60 valence electrons.